The summed E-state index contributed by atoms with van der Waals surface area (Å²) < 4.78 is 1.13. The molecule has 0 aliphatic heterocycles. The molecule has 0 radical (unpaired) electrons. The van der Waals surface area contributed by atoms with Crippen LogP contribution >= 0.6 is 34.2 Å². The zero-order valence-corrected chi connectivity index (χ0v) is 13.6. The molecule has 0 fully saturated rings. The highest BCUT2D eigenvalue weighted by Crippen LogP contribution is 2.11. The van der Waals surface area contributed by atoms with Crippen LogP contribution in [0, 0.1) is 3.57 Å². The van der Waals surface area contributed by atoms with E-state index >= 15 is 0 Å². The van der Waals surface area contributed by atoms with Crippen molar-refractivity contribution in [3.05, 3.63) is 62.7 Å². The van der Waals surface area contributed by atoms with Crippen molar-refractivity contribution < 1.29 is 4.79 Å². The number of hydrogen-bond acceptors (Lipinski definition) is 1. The first-order chi connectivity index (χ1) is 9.63. The van der Waals surface area contributed by atoms with Crippen LogP contribution in [0.1, 0.15) is 5.56 Å². The van der Waals surface area contributed by atoms with Crippen molar-refractivity contribution in [1.29, 1.82) is 0 Å². The smallest absolute Gasteiger partial charge is 0.319 e. The van der Waals surface area contributed by atoms with E-state index in [0.717, 1.165) is 21.2 Å². The van der Waals surface area contributed by atoms with Gasteiger partial charge in [0, 0.05) is 20.8 Å². The lowest BCUT2D eigenvalue weighted by atomic mass is 10.1. The first-order valence-electron chi connectivity index (χ1n) is 6.18. The molecule has 2 amide bonds. The Balaban J connectivity index is 1.76. The van der Waals surface area contributed by atoms with Gasteiger partial charge in [-0.2, -0.15) is 0 Å². The van der Waals surface area contributed by atoms with Crippen LogP contribution in [0.15, 0.2) is 48.5 Å². The van der Waals surface area contributed by atoms with Crippen LogP contribution in [-0.4, -0.2) is 12.6 Å². The van der Waals surface area contributed by atoms with Gasteiger partial charge in [-0.15, -0.1) is 0 Å². The molecule has 2 aromatic rings. The summed E-state index contributed by atoms with van der Waals surface area (Å²) in [4.78, 5) is 11.7. The second kappa shape index (κ2) is 7.50. The molecule has 3 nitrogen and oxygen atoms in total. The molecule has 2 rings (SSSR count). The van der Waals surface area contributed by atoms with Crippen LogP contribution < -0.4 is 10.6 Å². The van der Waals surface area contributed by atoms with Crippen molar-refractivity contribution in [3.8, 4) is 0 Å². The lowest BCUT2D eigenvalue weighted by molar-refractivity contribution is 0.252. The van der Waals surface area contributed by atoms with Crippen LogP contribution in [-0.2, 0) is 6.42 Å². The lowest BCUT2D eigenvalue weighted by Crippen LogP contribution is -2.30. The molecule has 0 saturated carbocycles. The summed E-state index contributed by atoms with van der Waals surface area (Å²) in [6.07, 6.45) is 0.751. The van der Waals surface area contributed by atoms with Gasteiger partial charge in [0.15, 0.2) is 0 Å². The summed E-state index contributed by atoms with van der Waals surface area (Å²) in [7, 11) is 0. The number of urea groups is 1. The van der Waals surface area contributed by atoms with E-state index in [1.807, 2.05) is 48.5 Å². The Bertz CT molecular complexity index is 587. The Kier molecular flexibility index (Phi) is 5.67. The van der Waals surface area contributed by atoms with Crippen LogP contribution in [0.5, 0.6) is 0 Å². The van der Waals surface area contributed by atoms with Crippen LogP contribution in [0.2, 0.25) is 5.02 Å². The largest absolute Gasteiger partial charge is 0.338 e. The topological polar surface area (TPSA) is 41.1 Å². The highest BCUT2D eigenvalue weighted by Gasteiger charge is 2.01. The molecule has 0 unspecified atom stereocenters. The highest BCUT2D eigenvalue weighted by atomic mass is 127. The van der Waals surface area contributed by atoms with Gasteiger partial charge in [-0.3, -0.25) is 0 Å². The molecule has 0 atom stereocenters. The molecule has 0 aliphatic rings. The normalized spacial score (nSPS) is 10.1. The third-order valence-corrected chi connectivity index (χ3v) is 3.64. The Labute approximate surface area is 136 Å². The lowest BCUT2D eigenvalue weighted by Gasteiger charge is -2.08. The average molecular weight is 401 g/mol. The third kappa shape index (κ3) is 5.02. The Morgan fingerprint density at radius 3 is 2.60 bits per heavy atom. The minimum absolute atomic E-state index is 0.201. The summed E-state index contributed by atoms with van der Waals surface area (Å²) in [5, 5.41) is 6.32. The van der Waals surface area contributed by atoms with Gasteiger partial charge in [-0.1, -0.05) is 23.7 Å². The summed E-state index contributed by atoms with van der Waals surface area (Å²) in [6.45, 7) is 0.566. The molecular formula is C15H14ClIN2O. The number of anilines is 1. The van der Waals surface area contributed by atoms with Gasteiger partial charge >= 0.3 is 6.03 Å². The molecule has 0 heterocycles. The van der Waals surface area contributed by atoms with Crippen molar-refractivity contribution in [3.63, 3.8) is 0 Å². The monoisotopic (exact) mass is 400 g/mol. The summed E-state index contributed by atoms with van der Waals surface area (Å²) in [6, 6.07) is 15.1. The van der Waals surface area contributed by atoms with E-state index < -0.39 is 0 Å². The molecule has 0 spiro atoms. The van der Waals surface area contributed by atoms with Gasteiger partial charge in [0.1, 0.15) is 0 Å². The minimum Gasteiger partial charge on any atom is -0.338 e. The number of rotatable bonds is 4. The SMILES string of the molecule is O=C(NCCc1cccc(Cl)c1)Nc1ccc(I)cc1. The molecular weight excluding hydrogens is 387 g/mol. The first kappa shape index (κ1) is 15.1. The van der Waals surface area contributed by atoms with Crippen molar-refractivity contribution in [2.45, 2.75) is 6.42 Å². The van der Waals surface area contributed by atoms with E-state index in [-0.39, 0.29) is 6.03 Å². The molecule has 0 bridgehead atoms. The minimum atomic E-state index is -0.201. The van der Waals surface area contributed by atoms with Crippen molar-refractivity contribution in [1.82, 2.24) is 5.32 Å². The van der Waals surface area contributed by atoms with E-state index in [1.54, 1.807) is 0 Å². The first-order valence-corrected chi connectivity index (χ1v) is 7.64. The van der Waals surface area contributed by atoms with E-state index in [1.165, 1.54) is 0 Å². The van der Waals surface area contributed by atoms with Crippen LogP contribution in [0.25, 0.3) is 0 Å². The second-order valence-electron chi connectivity index (χ2n) is 4.27. The van der Waals surface area contributed by atoms with Crippen LogP contribution in [0.4, 0.5) is 10.5 Å². The summed E-state index contributed by atoms with van der Waals surface area (Å²) >= 11 is 8.13. The van der Waals surface area contributed by atoms with Gasteiger partial charge in [-0.25, -0.2) is 4.79 Å². The van der Waals surface area contributed by atoms with Crippen molar-refractivity contribution >= 4 is 45.9 Å². The number of hydrogen-bond donors (Lipinski definition) is 2. The predicted molar refractivity (Wildman–Crippen MR) is 91.3 cm³/mol. The van der Waals surface area contributed by atoms with Gasteiger partial charge in [0.25, 0.3) is 0 Å². The van der Waals surface area contributed by atoms with Gasteiger partial charge in [-0.05, 0) is 71.0 Å². The van der Waals surface area contributed by atoms with Crippen molar-refractivity contribution in [2.75, 3.05) is 11.9 Å². The van der Waals surface area contributed by atoms with Crippen LogP contribution in [0.3, 0.4) is 0 Å². The second-order valence-corrected chi connectivity index (χ2v) is 5.95. The van der Waals surface area contributed by atoms with Gasteiger partial charge < -0.3 is 10.6 Å². The molecule has 0 aliphatic carbocycles. The number of carbonyl (C=O) groups excluding carboxylic acids is 1. The standard InChI is InChI=1S/C15H14ClIN2O/c16-12-3-1-2-11(10-12)8-9-18-15(20)19-14-6-4-13(17)5-7-14/h1-7,10H,8-9H2,(H2,18,19,20). The molecule has 104 valence electrons. The fourth-order valence-electron chi connectivity index (χ4n) is 1.72. The zero-order valence-electron chi connectivity index (χ0n) is 10.7. The molecule has 2 aromatic carbocycles. The maximum Gasteiger partial charge on any atom is 0.319 e. The molecule has 20 heavy (non-hydrogen) atoms. The Morgan fingerprint density at radius 2 is 1.90 bits per heavy atom. The average Bonchev–Trinajstić information content (AvgIpc) is 2.41. The Morgan fingerprint density at radius 1 is 1.15 bits per heavy atom. The maximum atomic E-state index is 11.7. The fraction of sp³-hybridized carbons (Fsp3) is 0.133. The predicted octanol–water partition coefficient (Wildman–Crippen LogP) is 4.31. The number of carbonyl (C=O) groups is 1. The number of amides is 2. The Hall–Kier alpha value is -1.27. The number of benzene rings is 2. The molecule has 0 saturated heterocycles. The van der Waals surface area contributed by atoms with E-state index in [9.17, 15) is 4.79 Å². The molecule has 0 aromatic heterocycles. The summed E-state index contributed by atoms with van der Waals surface area (Å²) in [5.41, 5.74) is 1.89. The molecule has 2 N–H and O–H groups in total. The number of nitrogens with one attached hydrogen (secondary N) is 2. The summed E-state index contributed by atoms with van der Waals surface area (Å²) in [5.74, 6) is 0. The third-order valence-electron chi connectivity index (χ3n) is 2.69. The zero-order chi connectivity index (χ0) is 14.4. The van der Waals surface area contributed by atoms with E-state index in [2.05, 4.69) is 33.2 Å². The van der Waals surface area contributed by atoms with Gasteiger partial charge in [0.05, 0.1) is 0 Å². The number of halogens is 2. The highest BCUT2D eigenvalue weighted by molar-refractivity contribution is 14.1. The van der Waals surface area contributed by atoms with Crippen molar-refractivity contribution in [2.24, 2.45) is 0 Å². The van der Waals surface area contributed by atoms with Gasteiger partial charge in [0.2, 0.25) is 0 Å². The van der Waals surface area contributed by atoms with E-state index in [4.69, 9.17) is 11.6 Å². The fourth-order valence-corrected chi connectivity index (χ4v) is 2.29. The van der Waals surface area contributed by atoms with E-state index in [0.29, 0.717) is 11.6 Å². The quantitative estimate of drug-likeness (QED) is 0.738. The maximum absolute atomic E-state index is 11.7. The molecule has 5 heteroatoms.